The van der Waals surface area contributed by atoms with Gasteiger partial charge in [0.1, 0.15) is 5.75 Å². The van der Waals surface area contributed by atoms with Crippen LogP contribution < -0.4 is 20.9 Å². The number of para-hydroxylation sites is 1. The van der Waals surface area contributed by atoms with E-state index >= 15 is 0 Å². The van der Waals surface area contributed by atoms with E-state index in [9.17, 15) is 9.59 Å². The maximum atomic E-state index is 12.2. The molecule has 3 amide bonds. The van der Waals surface area contributed by atoms with Crippen LogP contribution in [0, 0.1) is 0 Å². The minimum absolute atomic E-state index is 0.357. The van der Waals surface area contributed by atoms with Crippen molar-refractivity contribution in [1.29, 1.82) is 0 Å². The smallest absolute Gasteiger partial charge is 0.339 e. The van der Waals surface area contributed by atoms with Gasteiger partial charge in [-0.15, -0.1) is 5.10 Å². The van der Waals surface area contributed by atoms with Crippen molar-refractivity contribution >= 4 is 17.8 Å². The predicted molar refractivity (Wildman–Crippen MR) is 119 cm³/mol. The van der Waals surface area contributed by atoms with Gasteiger partial charge in [-0.1, -0.05) is 44.4 Å². The molecule has 0 spiro atoms. The Labute approximate surface area is 181 Å². The van der Waals surface area contributed by atoms with Crippen molar-refractivity contribution in [3.05, 3.63) is 72.4 Å². The molecular weight excluding hydrogens is 394 g/mol. The molecule has 0 unspecified atom stereocenters. The lowest BCUT2D eigenvalue weighted by molar-refractivity contribution is 0.0938. The molecule has 1 heterocycles. The number of unbranched alkanes of at least 4 members (excludes halogenated alkanes) is 3. The minimum atomic E-state index is -0.598. The van der Waals surface area contributed by atoms with Gasteiger partial charge < -0.3 is 4.74 Å². The van der Waals surface area contributed by atoms with Crippen LogP contribution in [-0.2, 0) is 0 Å². The molecule has 0 aliphatic carbocycles. The summed E-state index contributed by atoms with van der Waals surface area (Å²) < 4.78 is 7.31. The fourth-order valence-corrected chi connectivity index (χ4v) is 2.87. The third-order valence-electron chi connectivity index (χ3n) is 4.52. The number of amides is 3. The fraction of sp³-hybridized carbons (Fsp3) is 0.261. The Morgan fingerprint density at radius 2 is 1.71 bits per heavy atom. The van der Waals surface area contributed by atoms with Gasteiger partial charge in [0, 0.05) is 17.8 Å². The number of nitrogens with one attached hydrogen (secondary N) is 3. The van der Waals surface area contributed by atoms with Crippen molar-refractivity contribution in [2.75, 3.05) is 11.9 Å². The molecule has 0 aliphatic rings. The Bertz CT molecular complexity index is 970. The summed E-state index contributed by atoms with van der Waals surface area (Å²) in [4.78, 5) is 24.3. The Balaban J connectivity index is 1.42. The van der Waals surface area contributed by atoms with E-state index in [0.717, 1.165) is 18.5 Å². The number of ether oxygens (including phenoxy) is 1. The van der Waals surface area contributed by atoms with E-state index in [4.69, 9.17) is 4.74 Å². The van der Waals surface area contributed by atoms with Gasteiger partial charge in [-0.2, -0.15) is 0 Å². The first-order chi connectivity index (χ1) is 15.2. The molecule has 162 valence electrons. The zero-order valence-corrected chi connectivity index (χ0v) is 17.5. The van der Waals surface area contributed by atoms with E-state index < -0.39 is 11.9 Å². The first-order valence-electron chi connectivity index (χ1n) is 10.4. The van der Waals surface area contributed by atoms with E-state index in [1.54, 1.807) is 41.2 Å². The maximum absolute atomic E-state index is 12.2. The highest BCUT2D eigenvalue weighted by molar-refractivity contribution is 5.96. The SMILES string of the molecule is CCCCCCOc1ccc(C(=O)NNC(=O)Nc2ccn(-c3ccccc3)n2)cc1. The number of anilines is 1. The summed E-state index contributed by atoms with van der Waals surface area (Å²) >= 11 is 0. The van der Waals surface area contributed by atoms with Crippen molar-refractivity contribution < 1.29 is 14.3 Å². The normalized spacial score (nSPS) is 10.4. The minimum Gasteiger partial charge on any atom is -0.494 e. The lowest BCUT2D eigenvalue weighted by atomic mass is 10.2. The highest BCUT2D eigenvalue weighted by atomic mass is 16.5. The van der Waals surface area contributed by atoms with E-state index in [1.807, 2.05) is 30.3 Å². The van der Waals surface area contributed by atoms with E-state index in [-0.39, 0.29) is 0 Å². The zero-order chi connectivity index (χ0) is 21.9. The van der Waals surface area contributed by atoms with Crippen LogP contribution in [0.3, 0.4) is 0 Å². The van der Waals surface area contributed by atoms with Crippen LogP contribution in [0.25, 0.3) is 5.69 Å². The van der Waals surface area contributed by atoms with Gasteiger partial charge in [0.2, 0.25) is 0 Å². The molecule has 0 fully saturated rings. The van der Waals surface area contributed by atoms with Crippen molar-refractivity contribution in [3.8, 4) is 11.4 Å². The number of aromatic nitrogens is 2. The number of benzene rings is 2. The van der Waals surface area contributed by atoms with Crippen LogP contribution in [0.5, 0.6) is 5.75 Å². The Morgan fingerprint density at radius 3 is 2.45 bits per heavy atom. The molecule has 1 aromatic heterocycles. The Hall–Kier alpha value is -3.81. The summed E-state index contributed by atoms with van der Waals surface area (Å²) in [6.07, 6.45) is 6.29. The van der Waals surface area contributed by atoms with Crippen LogP contribution in [0.15, 0.2) is 66.9 Å². The van der Waals surface area contributed by atoms with Crippen molar-refractivity contribution in [3.63, 3.8) is 0 Å². The number of rotatable bonds is 9. The van der Waals surface area contributed by atoms with Crippen molar-refractivity contribution in [1.82, 2.24) is 20.6 Å². The van der Waals surface area contributed by atoms with Crippen LogP contribution in [0.1, 0.15) is 43.0 Å². The highest BCUT2D eigenvalue weighted by Crippen LogP contribution is 2.13. The molecule has 3 rings (SSSR count). The molecule has 3 N–H and O–H groups in total. The fourth-order valence-electron chi connectivity index (χ4n) is 2.87. The molecule has 0 saturated heterocycles. The zero-order valence-electron chi connectivity index (χ0n) is 17.5. The van der Waals surface area contributed by atoms with Crippen LogP contribution in [-0.4, -0.2) is 28.3 Å². The number of hydrogen-bond donors (Lipinski definition) is 3. The molecule has 0 bridgehead atoms. The lowest BCUT2D eigenvalue weighted by Crippen LogP contribution is -2.43. The summed E-state index contributed by atoms with van der Waals surface area (Å²) in [5.41, 5.74) is 5.97. The Morgan fingerprint density at radius 1 is 0.935 bits per heavy atom. The van der Waals surface area contributed by atoms with Gasteiger partial charge in [0.25, 0.3) is 5.91 Å². The van der Waals surface area contributed by atoms with Gasteiger partial charge in [-0.05, 0) is 42.8 Å². The molecule has 0 atom stereocenters. The molecule has 8 nitrogen and oxygen atoms in total. The number of urea groups is 1. The molecule has 31 heavy (non-hydrogen) atoms. The average Bonchev–Trinajstić information content (AvgIpc) is 3.27. The second-order valence-corrected chi connectivity index (χ2v) is 6.95. The second kappa shape index (κ2) is 11.4. The summed E-state index contributed by atoms with van der Waals surface area (Å²) in [6, 6.07) is 17.4. The second-order valence-electron chi connectivity index (χ2n) is 6.95. The highest BCUT2D eigenvalue weighted by Gasteiger charge is 2.09. The van der Waals surface area contributed by atoms with Gasteiger partial charge in [-0.25, -0.2) is 14.9 Å². The van der Waals surface area contributed by atoms with Crippen LogP contribution >= 0.6 is 0 Å². The van der Waals surface area contributed by atoms with Crippen LogP contribution in [0.2, 0.25) is 0 Å². The largest absolute Gasteiger partial charge is 0.494 e. The lowest BCUT2D eigenvalue weighted by Gasteiger charge is -2.09. The van der Waals surface area contributed by atoms with Gasteiger partial charge in [0.15, 0.2) is 5.82 Å². The number of hydrazine groups is 1. The summed E-state index contributed by atoms with van der Waals surface area (Å²) in [6.45, 7) is 2.83. The molecular formula is C23H27N5O3. The summed E-state index contributed by atoms with van der Waals surface area (Å²) in [5.74, 6) is 0.642. The molecule has 0 saturated carbocycles. The van der Waals surface area contributed by atoms with E-state index in [1.165, 1.54) is 12.8 Å². The number of nitrogens with zero attached hydrogens (tertiary/aromatic N) is 2. The molecule has 0 radical (unpaired) electrons. The monoisotopic (exact) mass is 421 g/mol. The van der Waals surface area contributed by atoms with Crippen LogP contribution in [0.4, 0.5) is 10.6 Å². The van der Waals surface area contributed by atoms with Gasteiger partial charge in [-0.3, -0.25) is 15.5 Å². The third kappa shape index (κ3) is 6.88. The standard InChI is InChI=1S/C23H27N5O3/c1-2-3-4-8-17-31-20-13-11-18(12-14-20)22(29)25-26-23(30)24-21-15-16-28(27-21)19-9-6-5-7-10-19/h5-7,9-16H,2-4,8,17H2,1H3,(H,25,29)(H2,24,26,27,30). The van der Waals surface area contributed by atoms with E-state index in [0.29, 0.717) is 23.7 Å². The number of carbonyl (C=O) groups is 2. The summed E-state index contributed by atoms with van der Waals surface area (Å²) in [7, 11) is 0. The Kier molecular flexibility index (Phi) is 8.05. The topological polar surface area (TPSA) is 97.3 Å². The van der Waals surface area contributed by atoms with Gasteiger partial charge in [0.05, 0.1) is 12.3 Å². The molecule has 2 aromatic carbocycles. The van der Waals surface area contributed by atoms with Gasteiger partial charge >= 0.3 is 6.03 Å². The third-order valence-corrected chi connectivity index (χ3v) is 4.52. The summed E-state index contributed by atoms with van der Waals surface area (Å²) in [5, 5.41) is 6.84. The first-order valence-corrected chi connectivity index (χ1v) is 10.4. The average molecular weight is 422 g/mol. The number of hydrogen-bond acceptors (Lipinski definition) is 4. The van der Waals surface area contributed by atoms with E-state index in [2.05, 4.69) is 28.2 Å². The number of carbonyl (C=O) groups excluding carboxylic acids is 2. The first kappa shape index (κ1) is 21.9. The quantitative estimate of drug-likeness (QED) is 0.354. The maximum Gasteiger partial charge on any atom is 0.339 e. The van der Waals surface area contributed by atoms with Crippen molar-refractivity contribution in [2.24, 2.45) is 0 Å². The molecule has 0 aliphatic heterocycles. The predicted octanol–water partition coefficient (Wildman–Crippen LogP) is 4.30. The van der Waals surface area contributed by atoms with Crippen molar-refractivity contribution in [2.45, 2.75) is 32.6 Å². The molecule has 8 heteroatoms. The molecule has 3 aromatic rings.